The number of halogens is 1. The molecule has 0 spiro atoms. The number of para-hydroxylation sites is 1. The van der Waals surface area contributed by atoms with E-state index in [0.717, 1.165) is 0 Å². The molecule has 0 heterocycles. The lowest BCUT2D eigenvalue weighted by Gasteiger charge is -2.06. The van der Waals surface area contributed by atoms with Gasteiger partial charge in [0.1, 0.15) is 5.82 Å². The lowest BCUT2D eigenvalue weighted by atomic mass is 10.1. The standard InChI is InChI=1S/C19H18FN3O4/c20-16-6-3-4-14(12-16)13-19(25)22-11-10-21-18(24)9-8-15-5-1-2-7-17(15)23(26)27/h1-9,12H,10-11,13H2,(H,21,24)(H,22,25)/b9-8+. The summed E-state index contributed by atoms with van der Waals surface area (Å²) in [4.78, 5) is 33.9. The number of nitro groups is 1. The smallest absolute Gasteiger partial charge is 0.276 e. The van der Waals surface area contributed by atoms with Gasteiger partial charge in [0, 0.05) is 25.2 Å². The maximum Gasteiger partial charge on any atom is 0.276 e. The van der Waals surface area contributed by atoms with Crippen LogP contribution < -0.4 is 10.6 Å². The highest BCUT2D eigenvalue weighted by molar-refractivity contribution is 5.92. The minimum atomic E-state index is -0.522. The number of nitrogens with zero attached hydrogens (tertiary/aromatic N) is 1. The molecule has 2 rings (SSSR count). The van der Waals surface area contributed by atoms with Gasteiger partial charge in [0.2, 0.25) is 11.8 Å². The van der Waals surface area contributed by atoms with Crippen LogP contribution in [0.25, 0.3) is 6.08 Å². The molecule has 0 aliphatic carbocycles. The molecule has 0 aromatic heterocycles. The van der Waals surface area contributed by atoms with Crippen LogP contribution in [0, 0.1) is 15.9 Å². The molecule has 2 aromatic carbocycles. The number of carbonyl (C=O) groups is 2. The van der Waals surface area contributed by atoms with Gasteiger partial charge in [-0.05, 0) is 29.8 Å². The zero-order valence-electron chi connectivity index (χ0n) is 14.4. The van der Waals surface area contributed by atoms with Crippen molar-refractivity contribution in [1.82, 2.24) is 10.6 Å². The minimum Gasteiger partial charge on any atom is -0.354 e. The van der Waals surface area contributed by atoms with Crippen LogP contribution in [0.1, 0.15) is 11.1 Å². The summed E-state index contributed by atoms with van der Waals surface area (Å²) < 4.78 is 13.1. The van der Waals surface area contributed by atoms with Crippen molar-refractivity contribution in [2.45, 2.75) is 6.42 Å². The Morgan fingerprint density at radius 3 is 2.56 bits per heavy atom. The second-order valence-electron chi connectivity index (χ2n) is 5.60. The molecule has 7 nitrogen and oxygen atoms in total. The van der Waals surface area contributed by atoms with E-state index in [1.54, 1.807) is 18.2 Å². The molecule has 0 radical (unpaired) electrons. The van der Waals surface area contributed by atoms with Gasteiger partial charge in [-0.1, -0.05) is 24.3 Å². The molecule has 0 saturated heterocycles. The molecular weight excluding hydrogens is 353 g/mol. The lowest BCUT2D eigenvalue weighted by molar-refractivity contribution is -0.385. The van der Waals surface area contributed by atoms with E-state index in [-0.39, 0.29) is 31.1 Å². The summed E-state index contributed by atoms with van der Waals surface area (Å²) in [6, 6.07) is 11.8. The first-order valence-electron chi connectivity index (χ1n) is 8.16. The average Bonchev–Trinajstić information content (AvgIpc) is 2.63. The quantitative estimate of drug-likeness (QED) is 0.321. The molecule has 2 amide bonds. The SMILES string of the molecule is O=C(/C=C/c1ccccc1[N+](=O)[O-])NCCNC(=O)Cc1cccc(F)c1. The number of benzene rings is 2. The molecule has 140 valence electrons. The van der Waals surface area contributed by atoms with Crippen molar-refractivity contribution in [1.29, 1.82) is 0 Å². The summed E-state index contributed by atoms with van der Waals surface area (Å²) in [7, 11) is 0. The van der Waals surface area contributed by atoms with Gasteiger partial charge in [0.05, 0.1) is 16.9 Å². The van der Waals surface area contributed by atoms with Gasteiger partial charge in [0.15, 0.2) is 0 Å². The molecule has 0 unspecified atom stereocenters. The van der Waals surface area contributed by atoms with Gasteiger partial charge in [0.25, 0.3) is 5.69 Å². The molecule has 0 saturated carbocycles. The normalized spacial score (nSPS) is 10.6. The molecule has 2 N–H and O–H groups in total. The second kappa shape index (κ2) is 9.81. The number of nitrogens with one attached hydrogen (secondary N) is 2. The van der Waals surface area contributed by atoms with Crippen LogP contribution >= 0.6 is 0 Å². The maximum atomic E-state index is 13.1. The number of hydrogen-bond donors (Lipinski definition) is 2. The van der Waals surface area contributed by atoms with E-state index in [2.05, 4.69) is 10.6 Å². The van der Waals surface area contributed by atoms with Gasteiger partial charge in [-0.2, -0.15) is 0 Å². The Morgan fingerprint density at radius 2 is 1.81 bits per heavy atom. The number of amides is 2. The summed E-state index contributed by atoms with van der Waals surface area (Å²) in [5.74, 6) is -1.13. The molecule has 0 bridgehead atoms. The van der Waals surface area contributed by atoms with Crippen molar-refractivity contribution >= 4 is 23.6 Å². The first kappa shape index (κ1) is 19.8. The van der Waals surface area contributed by atoms with E-state index in [9.17, 15) is 24.1 Å². The zero-order chi connectivity index (χ0) is 19.6. The number of carbonyl (C=O) groups excluding carboxylic acids is 2. The number of hydrogen-bond acceptors (Lipinski definition) is 4. The zero-order valence-corrected chi connectivity index (χ0v) is 14.4. The third-order valence-electron chi connectivity index (χ3n) is 3.55. The van der Waals surface area contributed by atoms with Crippen molar-refractivity contribution in [3.05, 3.63) is 81.7 Å². The monoisotopic (exact) mass is 371 g/mol. The molecule has 8 heteroatoms. The number of rotatable bonds is 8. The Kier molecular flexibility index (Phi) is 7.18. The Hall–Kier alpha value is -3.55. The molecular formula is C19H18FN3O4. The van der Waals surface area contributed by atoms with Crippen LogP contribution in [0.3, 0.4) is 0 Å². The Morgan fingerprint density at radius 1 is 1.07 bits per heavy atom. The average molecular weight is 371 g/mol. The highest BCUT2D eigenvalue weighted by atomic mass is 19.1. The van der Waals surface area contributed by atoms with Crippen LogP contribution in [-0.2, 0) is 16.0 Å². The van der Waals surface area contributed by atoms with Gasteiger partial charge in [-0.3, -0.25) is 19.7 Å². The Bertz CT molecular complexity index is 868. The molecule has 0 aliphatic heterocycles. The summed E-state index contributed by atoms with van der Waals surface area (Å²) in [6.07, 6.45) is 2.59. The molecule has 0 atom stereocenters. The third-order valence-corrected chi connectivity index (χ3v) is 3.55. The van der Waals surface area contributed by atoms with Crippen LogP contribution in [0.5, 0.6) is 0 Å². The van der Waals surface area contributed by atoms with E-state index < -0.39 is 16.6 Å². The summed E-state index contributed by atoms with van der Waals surface area (Å²) in [6.45, 7) is 0.397. The van der Waals surface area contributed by atoms with Crippen molar-refractivity contribution in [3.8, 4) is 0 Å². The molecule has 27 heavy (non-hydrogen) atoms. The van der Waals surface area contributed by atoms with Crippen molar-refractivity contribution in [2.24, 2.45) is 0 Å². The van der Waals surface area contributed by atoms with Crippen molar-refractivity contribution < 1.29 is 18.9 Å². The van der Waals surface area contributed by atoms with Crippen LogP contribution in [0.15, 0.2) is 54.6 Å². The second-order valence-corrected chi connectivity index (χ2v) is 5.60. The topological polar surface area (TPSA) is 101 Å². The van der Waals surface area contributed by atoms with Crippen LogP contribution in [-0.4, -0.2) is 29.8 Å². The van der Waals surface area contributed by atoms with E-state index in [4.69, 9.17) is 0 Å². The van der Waals surface area contributed by atoms with Gasteiger partial charge in [-0.25, -0.2) is 4.39 Å². The fourth-order valence-corrected chi connectivity index (χ4v) is 2.30. The Balaban J connectivity index is 1.73. The highest BCUT2D eigenvalue weighted by Crippen LogP contribution is 2.18. The van der Waals surface area contributed by atoms with Gasteiger partial charge >= 0.3 is 0 Å². The van der Waals surface area contributed by atoms with Crippen molar-refractivity contribution in [3.63, 3.8) is 0 Å². The largest absolute Gasteiger partial charge is 0.354 e. The molecule has 0 aliphatic rings. The predicted octanol–water partition coefficient (Wildman–Crippen LogP) is 2.22. The van der Waals surface area contributed by atoms with Crippen LogP contribution in [0.4, 0.5) is 10.1 Å². The minimum absolute atomic E-state index is 0.0449. The van der Waals surface area contributed by atoms with Crippen LogP contribution in [0.2, 0.25) is 0 Å². The Labute approximate surface area is 155 Å². The van der Waals surface area contributed by atoms with Gasteiger partial charge < -0.3 is 10.6 Å². The van der Waals surface area contributed by atoms with E-state index in [1.807, 2.05) is 0 Å². The third kappa shape index (κ3) is 6.69. The first-order chi connectivity index (χ1) is 13.0. The van der Waals surface area contributed by atoms with Crippen molar-refractivity contribution in [2.75, 3.05) is 13.1 Å². The first-order valence-corrected chi connectivity index (χ1v) is 8.16. The van der Waals surface area contributed by atoms with Gasteiger partial charge in [-0.15, -0.1) is 0 Å². The lowest BCUT2D eigenvalue weighted by Crippen LogP contribution is -2.34. The van der Waals surface area contributed by atoms with E-state index >= 15 is 0 Å². The predicted molar refractivity (Wildman–Crippen MR) is 98.3 cm³/mol. The highest BCUT2D eigenvalue weighted by Gasteiger charge is 2.09. The summed E-state index contributed by atoms with van der Waals surface area (Å²) >= 11 is 0. The van der Waals surface area contributed by atoms with E-state index in [0.29, 0.717) is 11.1 Å². The number of nitro benzene ring substituents is 1. The fourth-order valence-electron chi connectivity index (χ4n) is 2.30. The molecule has 2 aromatic rings. The maximum absolute atomic E-state index is 13.1. The molecule has 0 fully saturated rings. The summed E-state index contributed by atoms with van der Waals surface area (Å²) in [5.41, 5.74) is 0.788. The summed E-state index contributed by atoms with van der Waals surface area (Å²) in [5, 5.41) is 16.1. The van der Waals surface area contributed by atoms with E-state index in [1.165, 1.54) is 42.5 Å². The fraction of sp³-hybridized carbons (Fsp3) is 0.158.